The molecule has 0 aliphatic heterocycles. The molecule has 0 spiro atoms. The number of aliphatic hydroxyl groups excluding tert-OH is 5. The summed E-state index contributed by atoms with van der Waals surface area (Å²) in [7, 11) is 0. The van der Waals surface area contributed by atoms with Crippen LogP contribution in [0.15, 0.2) is 0 Å². The smallest absolute Gasteiger partial charge is 0.356 e. The molecule has 0 aromatic heterocycles. The Morgan fingerprint density at radius 1 is 1.00 bits per heavy atom. The number of nitriles is 3. The number of aliphatic hydroxyl groups is 5. The molecular formula is C11H13N3O7. The number of nitrogens with zero attached hydrogens (tertiary/aromatic N) is 3. The summed E-state index contributed by atoms with van der Waals surface area (Å²) in [5, 5.41) is 71.6. The average molecular weight is 299 g/mol. The second-order valence-electron chi connectivity index (χ2n) is 3.98. The van der Waals surface area contributed by atoms with E-state index in [1.165, 1.54) is 0 Å². The highest BCUT2D eigenvalue weighted by Gasteiger charge is 2.42. The highest BCUT2D eigenvalue weighted by molar-refractivity contribution is 5.86. The topological polar surface area (TPSA) is 199 Å². The van der Waals surface area contributed by atoms with E-state index >= 15 is 0 Å². The summed E-state index contributed by atoms with van der Waals surface area (Å²) in [6.07, 6.45) is -7.50. The van der Waals surface area contributed by atoms with Gasteiger partial charge in [-0.1, -0.05) is 0 Å². The van der Waals surface area contributed by atoms with Gasteiger partial charge in [0.05, 0.1) is 6.61 Å². The van der Waals surface area contributed by atoms with Gasteiger partial charge in [-0.3, -0.25) is 0 Å². The van der Waals surface area contributed by atoms with Crippen LogP contribution >= 0.6 is 0 Å². The van der Waals surface area contributed by atoms with Gasteiger partial charge in [-0.2, -0.15) is 15.8 Å². The number of ether oxygens (including phenoxy) is 1. The second kappa shape index (κ2) is 8.12. The quantitative estimate of drug-likeness (QED) is 0.294. The van der Waals surface area contributed by atoms with Crippen molar-refractivity contribution in [2.24, 2.45) is 5.41 Å². The Morgan fingerprint density at radius 3 is 1.81 bits per heavy atom. The molecule has 0 fully saturated rings. The minimum atomic E-state index is -2.70. The molecule has 0 unspecified atom stereocenters. The molecule has 0 amide bonds. The van der Waals surface area contributed by atoms with E-state index in [4.69, 9.17) is 26.0 Å². The van der Waals surface area contributed by atoms with Crippen LogP contribution in [0.3, 0.4) is 0 Å². The predicted molar refractivity (Wildman–Crippen MR) is 61.3 cm³/mol. The molecule has 0 aliphatic rings. The van der Waals surface area contributed by atoms with Crippen LogP contribution in [0.5, 0.6) is 0 Å². The summed E-state index contributed by atoms with van der Waals surface area (Å²) >= 11 is 0. The number of esters is 1. The van der Waals surface area contributed by atoms with E-state index < -0.39 is 49.0 Å². The van der Waals surface area contributed by atoms with Crippen molar-refractivity contribution in [3.8, 4) is 18.2 Å². The molecule has 0 aliphatic carbocycles. The zero-order chi connectivity index (χ0) is 16.6. The van der Waals surface area contributed by atoms with Crippen LogP contribution in [0, 0.1) is 39.4 Å². The number of carbonyl (C=O) groups excluding carboxylic acids is 1. The summed E-state index contributed by atoms with van der Waals surface area (Å²) < 4.78 is 4.35. The molecule has 0 saturated carbocycles. The first-order chi connectivity index (χ1) is 9.79. The van der Waals surface area contributed by atoms with Gasteiger partial charge in [0, 0.05) is 0 Å². The molecule has 4 atom stereocenters. The molecule has 21 heavy (non-hydrogen) atoms. The molecular weight excluding hydrogens is 286 g/mol. The van der Waals surface area contributed by atoms with E-state index in [1.807, 2.05) is 0 Å². The summed E-state index contributed by atoms with van der Waals surface area (Å²) in [5.74, 6) is -1.54. The van der Waals surface area contributed by atoms with Gasteiger partial charge < -0.3 is 30.3 Å². The number of hydrogen-bond donors (Lipinski definition) is 5. The van der Waals surface area contributed by atoms with Crippen molar-refractivity contribution in [2.75, 3.05) is 13.2 Å². The van der Waals surface area contributed by atoms with Crippen LogP contribution in [0.1, 0.15) is 0 Å². The third kappa shape index (κ3) is 4.36. The first-order valence-electron chi connectivity index (χ1n) is 5.53. The molecule has 0 aromatic carbocycles. The minimum Gasteiger partial charge on any atom is -0.460 e. The maximum atomic E-state index is 11.4. The number of rotatable bonds is 7. The first kappa shape index (κ1) is 18.7. The van der Waals surface area contributed by atoms with Crippen molar-refractivity contribution in [2.45, 2.75) is 24.4 Å². The summed E-state index contributed by atoms with van der Waals surface area (Å²) in [6.45, 7) is -1.83. The minimum absolute atomic E-state index is 0.884. The Bertz CT molecular complexity index is 453. The Kier molecular flexibility index (Phi) is 7.25. The predicted octanol–water partition coefficient (Wildman–Crippen LogP) is -3.48. The molecule has 0 bridgehead atoms. The van der Waals surface area contributed by atoms with Crippen LogP contribution in [-0.2, 0) is 9.53 Å². The van der Waals surface area contributed by atoms with Crippen molar-refractivity contribution in [1.29, 1.82) is 15.8 Å². The molecule has 10 heteroatoms. The van der Waals surface area contributed by atoms with Crippen LogP contribution in [0.2, 0.25) is 0 Å². The van der Waals surface area contributed by atoms with Gasteiger partial charge in [-0.15, -0.1) is 0 Å². The fourth-order valence-electron chi connectivity index (χ4n) is 1.14. The van der Waals surface area contributed by atoms with E-state index in [2.05, 4.69) is 4.74 Å². The number of carbonyl (C=O) groups is 1. The largest absolute Gasteiger partial charge is 0.460 e. The molecule has 0 heterocycles. The lowest BCUT2D eigenvalue weighted by atomic mass is 9.94. The van der Waals surface area contributed by atoms with Gasteiger partial charge in [0.15, 0.2) is 0 Å². The average Bonchev–Trinajstić information content (AvgIpc) is 2.52. The number of hydrogen-bond acceptors (Lipinski definition) is 10. The van der Waals surface area contributed by atoms with Crippen LogP contribution < -0.4 is 0 Å². The second-order valence-corrected chi connectivity index (χ2v) is 3.98. The van der Waals surface area contributed by atoms with Gasteiger partial charge in [-0.25, -0.2) is 4.79 Å². The Hall–Kier alpha value is -2.26. The lowest BCUT2D eigenvalue weighted by Crippen LogP contribution is -2.47. The van der Waals surface area contributed by atoms with E-state index in [-0.39, 0.29) is 0 Å². The standard InChI is InChI=1S/C11H13N3O7/c12-3-11(4-13,5-14)10(20)21-2-7(17)9(19)8(18)6(16)1-15/h6-9,15-19H,1-2H2/t6-,7-,8-,9-/m1/s1. The highest BCUT2D eigenvalue weighted by Crippen LogP contribution is 2.16. The summed E-state index contributed by atoms with van der Waals surface area (Å²) in [6, 6.07) is 3.46. The highest BCUT2D eigenvalue weighted by atomic mass is 16.5. The normalized spacial score (nSPS) is 16.5. The third-order valence-corrected chi connectivity index (χ3v) is 2.52. The molecule has 0 saturated heterocycles. The zero-order valence-corrected chi connectivity index (χ0v) is 10.6. The van der Waals surface area contributed by atoms with Crippen molar-refractivity contribution in [1.82, 2.24) is 0 Å². The molecule has 5 N–H and O–H groups in total. The summed E-state index contributed by atoms with van der Waals surface area (Å²) in [5.41, 5.74) is -2.70. The van der Waals surface area contributed by atoms with Crippen molar-refractivity contribution < 1.29 is 35.1 Å². The lowest BCUT2D eigenvalue weighted by molar-refractivity contribution is -0.159. The molecule has 0 rings (SSSR count). The van der Waals surface area contributed by atoms with Crippen LogP contribution in [0.4, 0.5) is 0 Å². The monoisotopic (exact) mass is 299 g/mol. The fourth-order valence-corrected chi connectivity index (χ4v) is 1.14. The van der Waals surface area contributed by atoms with Crippen molar-refractivity contribution in [3.63, 3.8) is 0 Å². The van der Waals surface area contributed by atoms with Gasteiger partial charge in [0.1, 0.15) is 49.2 Å². The Morgan fingerprint density at radius 2 is 1.43 bits per heavy atom. The van der Waals surface area contributed by atoms with Crippen LogP contribution in [-0.4, -0.2) is 69.1 Å². The van der Waals surface area contributed by atoms with Crippen LogP contribution in [0.25, 0.3) is 0 Å². The van der Waals surface area contributed by atoms with E-state index in [1.54, 1.807) is 0 Å². The fraction of sp³-hybridized carbons (Fsp3) is 0.636. The van der Waals surface area contributed by atoms with Crippen molar-refractivity contribution >= 4 is 5.97 Å². The van der Waals surface area contributed by atoms with Gasteiger partial charge in [-0.05, 0) is 0 Å². The maximum Gasteiger partial charge on any atom is 0.356 e. The van der Waals surface area contributed by atoms with E-state index in [0.717, 1.165) is 18.2 Å². The summed E-state index contributed by atoms with van der Waals surface area (Å²) in [4.78, 5) is 11.4. The van der Waals surface area contributed by atoms with E-state index in [0.29, 0.717) is 0 Å². The van der Waals surface area contributed by atoms with Gasteiger partial charge in [0.25, 0.3) is 0 Å². The molecule has 0 radical (unpaired) electrons. The molecule has 0 aromatic rings. The van der Waals surface area contributed by atoms with Crippen molar-refractivity contribution in [3.05, 3.63) is 0 Å². The molecule has 114 valence electrons. The maximum absolute atomic E-state index is 11.4. The van der Waals surface area contributed by atoms with E-state index in [9.17, 15) is 20.1 Å². The SMILES string of the molecule is N#CC(C#N)(C#N)C(=O)OC[C@@H](O)[C@@H](O)[C@H](O)[C@H](O)CO. The third-order valence-electron chi connectivity index (χ3n) is 2.52. The Labute approximate surface area is 119 Å². The molecule has 10 nitrogen and oxygen atoms in total. The van der Waals surface area contributed by atoms with Gasteiger partial charge in [0.2, 0.25) is 0 Å². The first-order valence-corrected chi connectivity index (χ1v) is 5.53. The lowest BCUT2D eigenvalue weighted by Gasteiger charge is -2.25. The Balaban J connectivity index is 4.68. The van der Waals surface area contributed by atoms with Gasteiger partial charge >= 0.3 is 11.4 Å². The zero-order valence-electron chi connectivity index (χ0n) is 10.6.